The van der Waals surface area contributed by atoms with Gasteiger partial charge in [0.1, 0.15) is 28.6 Å². The van der Waals surface area contributed by atoms with Crippen LogP contribution in [0.1, 0.15) is 17.1 Å². The van der Waals surface area contributed by atoms with Crippen molar-refractivity contribution in [2.24, 2.45) is 10.7 Å². The third-order valence-corrected chi connectivity index (χ3v) is 4.92. The van der Waals surface area contributed by atoms with Crippen molar-refractivity contribution in [2.45, 2.75) is 6.54 Å². The Morgan fingerprint density at radius 1 is 1.23 bits per heavy atom. The number of hydrogen-bond acceptors (Lipinski definition) is 9. The zero-order chi connectivity index (χ0) is 20.9. The van der Waals surface area contributed by atoms with Gasteiger partial charge in [0.15, 0.2) is 5.82 Å². The summed E-state index contributed by atoms with van der Waals surface area (Å²) in [4.78, 5) is 17.2. The van der Waals surface area contributed by atoms with Gasteiger partial charge in [0.2, 0.25) is 0 Å². The van der Waals surface area contributed by atoms with Crippen LogP contribution < -0.4 is 11.5 Å². The summed E-state index contributed by atoms with van der Waals surface area (Å²) < 4.78 is 18.8. The summed E-state index contributed by atoms with van der Waals surface area (Å²) in [6.07, 6.45) is 6.22. The second kappa shape index (κ2) is 8.62. The molecule has 0 unspecified atom stereocenters. The van der Waals surface area contributed by atoms with E-state index in [1.165, 1.54) is 23.7 Å². The van der Waals surface area contributed by atoms with Crippen LogP contribution in [-0.2, 0) is 6.54 Å². The zero-order valence-corrected chi connectivity index (χ0v) is 16.4. The first-order valence-electron chi connectivity index (χ1n) is 8.80. The quantitative estimate of drug-likeness (QED) is 0.457. The molecule has 0 aliphatic rings. The van der Waals surface area contributed by atoms with E-state index in [0.717, 1.165) is 5.01 Å². The predicted octanol–water partition coefficient (Wildman–Crippen LogP) is 3.30. The molecule has 0 amide bonds. The fourth-order valence-electron chi connectivity index (χ4n) is 2.61. The van der Waals surface area contributed by atoms with Crippen LogP contribution >= 0.6 is 11.3 Å². The third kappa shape index (κ3) is 4.23. The van der Waals surface area contributed by atoms with Crippen LogP contribution in [0.3, 0.4) is 0 Å². The normalized spacial score (nSPS) is 12.3. The van der Waals surface area contributed by atoms with Gasteiger partial charge in [-0.2, -0.15) is 0 Å². The highest BCUT2D eigenvalue weighted by Crippen LogP contribution is 2.26. The molecule has 150 valence electrons. The van der Waals surface area contributed by atoms with E-state index in [-0.39, 0.29) is 29.7 Å². The van der Waals surface area contributed by atoms with E-state index in [1.807, 2.05) is 5.38 Å². The Labute approximate surface area is 174 Å². The van der Waals surface area contributed by atoms with Gasteiger partial charge in [0.25, 0.3) is 0 Å². The molecule has 0 aliphatic heterocycles. The van der Waals surface area contributed by atoms with Gasteiger partial charge in [0.05, 0.1) is 23.5 Å². The summed E-state index contributed by atoms with van der Waals surface area (Å²) in [6, 6.07) is 8.04. The molecule has 4 rings (SSSR count). The summed E-state index contributed by atoms with van der Waals surface area (Å²) in [5, 5.41) is 6.45. The number of thiazole rings is 1. The number of nitrogens with two attached hydrogens (primary N) is 2. The minimum Gasteiger partial charge on any atom is -0.396 e. The predicted molar refractivity (Wildman–Crippen MR) is 113 cm³/mol. The van der Waals surface area contributed by atoms with Crippen molar-refractivity contribution < 1.29 is 8.91 Å². The number of hydrogen-bond donors (Lipinski definition) is 2. The molecule has 0 aliphatic carbocycles. The first-order chi connectivity index (χ1) is 14.6. The smallest absolute Gasteiger partial charge is 0.177 e. The van der Waals surface area contributed by atoms with E-state index in [0.29, 0.717) is 22.5 Å². The molecule has 0 saturated heterocycles. The van der Waals surface area contributed by atoms with Crippen LogP contribution in [-0.4, -0.2) is 25.8 Å². The summed E-state index contributed by atoms with van der Waals surface area (Å²) >= 11 is 1.43. The molecule has 3 heterocycles. The number of benzene rings is 1. The molecule has 0 bridgehead atoms. The molecule has 4 aromatic rings. The monoisotopic (exact) mass is 421 g/mol. The van der Waals surface area contributed by atoms with Crippen molar-refractivity contribution in [3.8, 4) is 10.6 Å². The second-order valence-electron chi connectivity index (χ2n) is 6.11. The summed E-state index contributed by atoms with van der Waals surface area (Å²) in [6.45, 7) is 0.102. The molecule has 0 fully saturated rings. The van der Waals surface area contributed by atoms with Crippen LogP contribution in [0.2, 0.25) is 0 Å². The number of anilines is 1. The molecule has 30 heavy (non-hydrogen) atoms. The van der Waals surface area contributed by atoms with Crippen molar-refractivity contribution in [1.82, 2.24) is 20.1 Å². The maximum atomic E-state index is 13.9. The molecule has 3 aromatic heterocycles. The molecule has 0 atom stereocenters. The molecular formula is C20H16FN7OS. The van der Waals surface area contributed by atoms with E-state index in [2.05, 4.69) is 25.1 Å². The summed E-state index contributed by atoms with van der Waals surface area (Å²) in [7, 11) is 0. The highest BCUT2D eigenvalue weighted by atomic mass is 32.1. The lowest BCUT2D eigenvalue weighted by atomic mass is 10.2. The first kappa shape index (κ1) is 19.4. The molecule has 0 saturated carbocycles. The Hall–Kier alpha value is -3.92. The lowest BCUT2D eigenvalue weighted by Gasteiger charge is -2.06. The number of nitrogens with zero attached hydrogens (tertiary/aromatic N) is 5. The van der Waals surface area contributed by atoms with E-state index in [1.54, 1.807) is 42.7 Å². The van der Waals surface area contributed by atoms with Gasteiger partial charge >= 0.3 is 0 Å². The Morgan fingerprint density at radius 3 is 2.80 bits per heavy atom. The van der Waals surface area contributed by atoms with Gasteiger partial charge in [-0.25, -0.2) is 19.3 Å². The summed E-state index contributed by atoms with van der Waals surface area (Å²) in [5.41, 5.74) is 14.4. The number of aliphatic imine (C=N–C) groups is 1. The molecule has 8 nitrogen and oxygen atoms in total. The van der Waals surface area contributed by atoms with Crippen molar-refractivity contribution in [1.29, 1.82) is 0 Å². The third-order valence-electron chi connectivity index (χ3n) is 4.11. The molecule has 1 aromatic carbocycles. The Balaban J connectivity index is 1.65. The van der Waals surface area contributed by atoms with E-state index in [4.69, 9.17) is 16.0 Å². The number of allylic oxidation sites excluding steroid dienone is 1. The van der Waals surface area contributed by atoms with Crippen molar-refractivity contribution in [3.63, 3.8) is 0 Å². The van der Waals surface area contributed by atoms with Crippen LogP contribution in [0.4, 0.5) is 10.2 Å². The molecular weight excluding hydrogens is 405 g/mol. The van der Waals surface area contributed by atoms with Gasteiger partial charge in [0, 0.05) is 29.4 Å². The minimum absolute atomic E-state index is 0.102. The molecule has 4 N–H and O–H groups in total. The Morgan fingerprint density at radius 2 is 2.10 bits per heavy atom. The lowest BCUT2D eigenvalue weighted by molar-refractivity contribution is 0.418. The molecule has 0 radical (unpaired) electrons. The lowest BCUT2D eigenvalue weighted by Crippen LogP contribution is -2.09. The van der Waals surface area contributed by atoms with E-state index < -0.39 is 0 Å². The van der Waals surface area contributed by atoms with E-state index >= 15 is 0 Å². The van der Waals surface area contributed by atoms with Gasteiger partial charge in [-0.15, -0.1) is 11.3 Å². The average molecular weight is 421 g/mol. The topological polar surface area (TPSA) is 129 Å². The van der Waals surface area contributed by atoms with Crippen LogP contribution in [0.25, 0.3) is 16.3 Å². The van der Waals surface area contributed by atoms with Gasteiger partial charge in [-0.05, 0) is 12.1 Å². The largest absolute Gasteiger partial charge is 0.396 e. The molecule has 0 spiro atoms. The summed E-state index contributed by atoms with van der Waals surface area (Å²) in [5.74, 6) is 0.152. The highest BCUT2D eigenvalue weighted by molar-refractivity contribution is 7.13. The van der Waals surface area contributed by atoms with Crippen molar-refractivity contribution >= 4 is 28.6 Å². The Bertz CT molecular complexity index is 1200. The SMILES string of the molecule is NC(=CC(=NCc1ccccc1F)c1ccon1)c1ncc(-c2nccs2)c(N)n1. The van der Waals surface area contributed by atoms with E-state index in [9.17, 15) is 4.39 Å². The van der Waals surface area contributed by atoms with Crippen molar-refractivity contribution in [2.75, 3.05) is 5.73 Å². The Kier molecular flexibility index (Phi) is 5.57. The fourth-order valence-corrected chi connectivity index (χ4v) is 3.27. The standard InChI is InChI=1S/C20H16FN7OS/c21-14-4-2-1-3-12(14)10-25-17(16-5-7-29-28-16)9-15(22)19-26-11-13(18(23)27-19)20-24-6-8-30-20/h1-9,11H,10,22H2,(H2,23,26,27). The highest BCUT2D eigenvalue weighted by Gasteiger charge is 2.12. The fraction of sp³-hybridized carbons (Fsp3) is 0.0500. The van der Waals surface area contributed by atoms with Gasteiger partial charge in [-0.3, -0.25) is 4.99 Å². The second-order valence-corrected chi connectivity index (χ2v) is 7.00. The maximum absolute atomic E-state index is 13.9. The first-order valence-corrected chi connectivity index (χ1v) is 9.68. The average Bonchev–Trinajstić information content (AvgIpc) is 3.46. The minimum atomic E-state index is -0.341. The van der Waals surface area contributed by atoms with Crippen molar-refractivity contribution in [3.05, 3.63) is 83.3 Å². The molecule has 10 heteroatoms. The van der Waals surface area contributed by atoms with Gasteiger partial charge < -0.3 is 16.0 Å². The maximum Gasteiger partial charge on any atom is 0.177 e. The zero-order valence-electron chi connectivity index (χ0n) is 15.6. The van der Waals surface area contributed by atoms with Crippen LogP contribution in [0.15, 0.2) is 70.0 Å². The number of halogens is 1. The van der Waals surface area contributed by atoms with Crippen LogP contribution in [0, 0.1) is 5.82 Å². The van der Waals surface area contributed by atoms with Gasteiger partial charge in [-0.1, -0.05) is 23.4 Å². The number of rotatable bonds is 6. The van der Waals surface area contributed by atoms with Crippen LogP contribution in [0.5, 0.6) is 0 Å². The number of aromatic nitrogens is 4. The number of nitrogen functional groups attached to an aromatic ring is 1.